The van der Waals surface area contributed by atoms with Gasteiger partial charge in [0, 0.05) is 11.4 Å². The standard InChI is InChI=1S/C24H28N2O5S/c1-5-21(31-22-12-8-10-17-9-6-7-11-19(17)22)24(27)25-20-15-18(13-14-23(20)30-4)32(28,29)26-16(2)3/h6-16,21,26H,5H2,1-4H3,(H,25,27)/t21-/m0/s1. The molecule has 32 heavy (non-hydrogen) atoms. The monoisotopic (exact) mass is 456 g/mol. The van der Waals surface area contributed by atoms with E-state index >= 15 is 0 Å². The first kappa shape index (κ1) is 23.6. The van der Waals surface area contributed by atoms with Gasteiger partial charge in [-0.2, -0.15) is 0 Å². The predicted octanol–water partition coefficient (Wildman–Crippen LogP) is 4.33. The number of hydrogen-bond acceptors (Lipinski definition) is 5. The molecule has 7 nitrogen and oxygen atoms in total. The van der Waals surface area contributed by atoms with Gasteiger partial charge in [0.1, 0.15) is 11.5 Å². The molecule has 0 saturated carbocycles. The third kappa shape index (κ3) is 5.38. The third-order valence-corrected chi connectivity index (χ3v) is 6.47. The summed E-state index contributed by atoms with van der Waals surface area (Å²) in [5.74, 6) is 0.557. The van der Waals surface area contributed by atoms with Crippen molar-refractivity contribution in [3.05, 3.63) is 60.7 Å². The molecular formula is C24H28N2O5S. The average molecular weight is 457 g/mol. The van der Waals surface area contributed by atoms with Crippen molar-refractivity contribution < 1.29 is 22.7 Å². The second-order valence-corrected chi connectivity index (χ2v) is 9.33. The van der Waals surface area contributed by atoms with Crippen LogP contribution in [0.15, 0.2) is 65.6 Å². The first-order valence-corrected chi connectivity index (χ1v) is 11.9. The third-order valence-electron chi connectivity index (χ3n) is 4.81. The van der Waals surface area contributed by atoms with Gasteiger partial charge in [0.25, 0.3) is 5.91 Å². The van der Waals surface area contributed by atoms with Gasteiger partial charge in [-0.25, -0.2) is 13.1 Å². The molecule has 1 amide bonds. The SMILES string of the molecule is CC[C@H](Oc1cccc2ccccc12)C(=O)Nc1cc(S(=O)(=O)NC(C)C)ccc1OC. The molecule has 0 bridgehead atoms. The zero-order chi connectivity index (χ0) is 23.3. The van der Waals surface area contributed by atoms with Gasteiger partial charge in [-0.1, -0.05) is 43.3 Å². The normalized spacial score (nSPS) is 12.5. The van der Waals surface area contributed by atoms with Gasteiger partial charge in [-0.15, -0.1) is 0 Å². The Kier molecular flexibility index (Phi) is 7.37. The van der Waals surface area contributed by atoms with E-state index in [0.717, 1.165) is 10.8 Å². The second kappa shape index (κ2) is 10.0. The first-order valence-electron chi connectivity index (χ1n) is 10.4. The Bertz CT molecular complexity index is 1200. The number of benzene rings is 3. The molecule has 0 aliphatic rings. The number of amides is 1. The Morgan fingerprint density at radius 2 is 1.72 bits per heavy atom. The van der Waals surface area contributed by atoms with Crippen molar-refractivity contribution in [3.63, 3.8) is 0 Å². The van der Waals surface area contributed by atoms with Crippen molar-refractivity contribution in [2.75, 3.05) is 12.4 Å². The van der Waals surface area contributed by atoms with Gasteiger partial charge < -0.3 is 14.8 Å². The molecule has 0 unspecified atom stereocenters. The van der Waals surface area contributed by atoms with Crippen molar-refractivity contribution in [1.82, 2.24) is 4.72 Å². The second-order valence-electron chi connectivity index (χ2n) is 7.62. The van der Waals surface area contributed by atoms with Crippen LogP contribution < -0.4 is 19.5 Å². The number of nitrogens with one attached hydrogen (secondary N) is 2. The fraction of sp³-hybridized carbons (Fsp3) is 0.292. The number of sulfonamides is 1. The van der Waals surface area contributed by atoms with Crippen molar-refractivity contribution >= 4 is 32.4 Å². The molecule has 170 valence electrons. The summed E-state index contributed by atoms with van der Waals surface area (Å²) in [6.45, 7) is 5.32. The summed E-state index contributed by atoms with van der Waals surface area (Å²) < 4.78 is 39.0. The minimum absolute atomic E-state index is 0.0327. The zero-order valence-corrected chi connectivity index (χ0v) is 19.4. The minimum atomic E-state index is -3.73. The van der Waals surface area contributed by atoms with E-state index in [1.165, 1.54) is 25.3 Å². The molecular weight excluding hydrogens is 428 g/mol. The molecule has 0 heterocycles. The van der Waals surface area contributed by atoms with Gasteiger partial charge in [0.05, 0.1) is 17.7 Å². The average Bonchev–Trinajstić information content (AvgIpc) is 2.76. The van der Waals surface area contributed by atoms with Crippen molar-refractivity contribution in [2.45, 2.75) is 44.2 Å². The van der Waals surface area contributed by atoms with Crippen molar-refractivity contribution in [1.29, 1.82) is 0 Å². The maximum absolute atomic E-state index is 13.0. The fourth-order valence-electron chi connectivity index (χ4n) is 3.32. The maximum Gasteiger partial charge on any atom is 0.265 e. The molecule has 3 aromatic rings. The van der Waals surface area contributed by atoms with Gasteiger partial charge in [0.2, 0.25) is 10.0 Å². The number of ether oxygens (including phenoxy) is 2. The highest BCUT2D eigenvalue weighted by Gasteiger charge is 2.23. The largest absolute Gasteiger partial charge is 0.495 e. The van der Waals surface area contributed by atoms with Crippen LogP contribution in [-0.4, -0.2) is 33.6 Å². The predicted molar refractivity (Wildman–Crippen MR) is 126 cm³/mol. The van der Waals surface area contributed by atoms with E-state index in [0.29, 0.717) is 17.9 Å². The van der Waals surface area contributed by atoms with Crippen LogP contribution in [0, 0.1) is 0 Å². The Balaban J connectivity index is 1.86. The lowest BCUT2D eigenvalue weighted by Crippen LogP contribution is -2.33. The fourth-order valence-corrected chi connectivity index (χ4v) is 4.59. The molecule has 3 rings (SSSR count). The first-order chi connectivity index (χ1) is 15.2. The molecule has 2 N–H and O–H groups in total. The van der Waals surface area contributed by atoms with E-state index in [-0.39, 0.29) is 16.6 Å². The molecule has 0 aromatic heterocycles. The van der Waals surface area contributed by atoms with Gasteiger partial charge in [0.15, 0.2) is 6.10 Å². The Morgan fingerprint density at radius 1 is 1.00 bits per heavy atom. The van der Waals surface area contributed by atoms with Gasteiger partial charge in [-0.3, -0.25) is 4.79 Å². The van der Waals surface area contributed by atoms with Gasteiger partial charge >= 0.3 is 0 Å². The molecule has 0 aliphatic carbocycles. The summed E-state index contributed by atoms with van der Waals surface area (Å²) in [5.41, 5.74) is 0.254. The number of anilines is 1. The van der Waals surface area contributed by atoms with Crippen LogP contribution in [0.3, 0.4) is 0 Å². The highest BCUT2D eigenvalue weighted by molar-refractivity contribution is 7.89. The number of hydrogen-bond donors (Lipinski definition) is 2. The van der Waals surface area contributed by atoms with E-state index in [2.05, 4.69) is 10.0 Å². The Hall–Kier alpha value is -3.10. The number of rotatable bonds is 9. The van der Waals surface area contributed by atoms with Crippen LogP contribution in [0.5, 0.6) is 11.5 Å². The van der Waals surface area contributed by atoms with Crippen molar-refractivity contribution in [3.8, 4) is 11.5 Å². The summed E-state index contributed by atoms with van der Waals surface area (Å²) in [5, 5.41) is 4.69. The highest BCUT2D eigenvalue weighted by atomic mass is 32.2. The van der Waals surface area contributed by atoms with Crippen LogP contribution in [0.4, 0.5) is 5.69 Å². The smallest absolute Gasteiger partial charge is 0.265 e. The lowest BCUT2D eigenvalue weighted by molar-refractivity contribution is -0.122. The number of fused-ring (bicyclic) bond motifs is 1. The minimum Gasteiger partial charge on any atom is -0.495 e. The van der Waals surface area contributed by atoms with E-state index in [9.17, 15) is 13.2 Å². The molecule has 1 atom stereocenters. The number of methoxy groups -OCH3 is 1. The molecule has 3 aromatic carbocycles. The molecule has 0 fully saturated rings. The number of carbonyl (C=O) groups is 1. The molecule has 0 radical (unpaired) electrons. The summed E-state index contributed by atoms with van der Waals surface area (Å²) in [6, 6.07) is 17.5. The summed E-state index contributed by atoms with van der Waals surface area (Å²) >= 11 is 0. The van der Waals surface area contributed by atoms with Crippen LogP contribution in [0.1, 0.15) is 27.2 Å². The van der Waals surface area contributed by atoms with E-state index in [1.807, 2.05) is 49.4 Å². The Labute approximate surface area is 188 Å². The Morgan fingerprint density at radius 3 is 2.41 bits per heavy atom. The van der Waals surface area contributed by atoms with Crippen LogP contribution >= 0.6 is 0 Å². The number of carbonyl (C=O) groups excluding carboxylic acids is 1. The van der Waals surface area contributed by atoms with Crippen LogP contribution in [0.2, 0.25) is 0 Å². The zero-order valence-electron chi connectivity index (χ0n) is 18.6. The van der Waals surface area contributed by atoms with E-state index in [1.54, 1.807) is 13.8 Å². The van der Waals surface area contributed by atoms with E-state index < -0.39 is 22.0 Å². The lowest BCUT2D eigenvalue weighted by atomic mass is 10.1. The summed E-state index contributed by atoms with van der Waals surface area (Å²) in [7, 11) is -2.28. The molecule has 0 saturated heterocycles. The summed E-state index contributed by atoms with van der Waals surface area (Å²) in [4.78, 5) is 13.1. The quantitative estimate of drug-likeness (QED) is 0.500. The molecule has 8 heteroatoms. The molecule has 0 aliphatic heterocycles. The van der Waals surface area contributed by atoms with Crippen LogP contribution in [0.25, 0.3) is 10.8 Å². The molecule has 0 spiro atoms. The summed E-state index contributed by atoms with van der Waals surface area (Å²) in [6.07, 6.45) is -0.357. The topological polar surface area (TPSA) is 93.7 Å². The van der Waals surface area contributed by atoms with Crippen LogP contribution in [-0.2, 0) is 14.8 Å². The maximum atomic E-state index is 13.0. The lowest BCUT2D eigenvalue weighted by Gasteiger charge is -2.20. The van der Waals surface area contributed by atoms with Crippen molar-refractivity contribution in [2.24, 2.45) is 0 Å². The van der Waals surface area contributed by atoms with Gasteiger partial charge in [-0.05, 0) is 49.9 Å². The van der Waals surface area contributed by atoms with E-state index in [4.69, 9.17) is 9.47 Å². The highest BCUT2D eigenvalue weighted by Crippen LogP contribution is 2.29.